The van der Waals surface area contributed by atoms with Gasteiger partial charge in [-0.25, -0.2) is 8.42 Å². The number of rotatable bonds is 11. The number of hydrogen-bond donors (Lipinski definition) is 1. The lowest BCUT2D eigenvalue weighted by molar-refractivity contribution is -0.139. The van der Waals surface area contributed by atoms with E-state index in [1.165, 1.54) is 17.0 Å². The van der Waals surface area contributed by atoms with E-state index in [9.17, 15) is 18.0 Å². The van der Waals surface area contributed by atoms with Crippen LogP contribution in [0.25, 0.3) is 0 Å². The zero-order chi connectivity index (χ0) is 28.7. The van der Waals surface area contributed by atoms with Gasteiger partial charge in [-0.2, -0.15) is 0 Å². The first-order valence-corrected chi connectivity index (χ1v) is 14.7. The maximum absolute atomic E-state index is 14.0. The number of nitrogens with zero attached hydrogens (tertiary/aromatic N) is 2. The quantitative estimate of drug-likeness (QED) is 0.335. The lowest BCUT2D eigenvalue weighted by Gasteiger charge is -2.32. The highest BCUT2D eigenvalue weighted by Crippen LogP contribution is 2.29. The number of anilines is 1. The molecule has 0 unspecified atom stereocenters. The summed E-state index contributed by atoms with van der Waals surface area (Å²) in [5, 5.41) is 3.29. The number of aryl methyl sites for hydroxylation is 2. The first kappa shape index (κ1) is 30.2. The first-order chi connectivity index (χ1) is 18.5. The van der Waals surface area contributed by atoms with Gasteiger partial charge in [0.25, 0.3) is 10.0 Å². The van der Waals surface area contributed by atoms with Gasteiger partial charge < -0.3 is 10.2 Å². The van der Waals surface area contributed by atoms with Crippen LogP contribution in [0.5, 0.6) is 0 Å². The number of amides is 2. The highest BCUT2D eigenvalue weighted by atomic mass is 35.5. The largest absolute Gasteiger partial charge is 0.354 e. The fourth-order valence-electron chi connectivity index (χ4n) is 4.15. The Labute approximate surface area is 236 Å². The molecule has 2 amide bonds. The van der Waals surface area contributed by atoms with Gasteiger partial charge in [0, 0.05) is 18.1 Å². The molecule has 0 bridgehead atoms. The minimum absolute atomic E-state index is 0.0461. The van der Waals surface area contributed by atoms with E-state index in [0.717, 1.165) is 27.4 Å². The van der Waals surface area contributed by atoms with Gasteiger partial charge in [-0.3, -0.25) is 13.9 Å². The molecule has 0 radical (unpaired) electrons. The normalized spacial score (nSPS) is 12.1. The molecule has 0 saturated heterocycles. The lowest BCUT2D eigenvalue weighted by atomic mass is 10.1. The second kappa shape index (κ2) is 13.1. The Kier molecular flexibility index (Phi) is 10.2. The lowest BCUT2D eigenvalue weighted by Crippen LogP contribution is -2.51. The smallest absolute Gasteiger partial charge is 0.264 e. The van der Waals surface area contributed by atoms with Gasteiger partial charge in [0.05, 0.1) is 10.6 Å². The van der Waals surface area contributed by atoms with Crippen LogP contribution in [0.15, 0.2) is 71.6 Å². The molecule has 0 aliphatic rings. The van der Waals surface area contributed by atoms with Crippen LogP contribution in [0.2, 0.25) is 5.02 Å². The average Bonchev–Trinajstić information content (AvgIpc) is 2.91. The maximum atomic E-state index is 14.0. The molecule has 0 aliphatic heterocycles. The van der Waals surface area contributed by atoms with E-state index in [1.54, 1.807) is 55.5 Å². The molecular weight excluding hydrogens is 534 g/mol. The van der Waals surface area contributed by atoms with E-state index in [-0.39, 0.29) is 17.3 Å². The number of carbonyl (C=O) groups excluding carboxylic acids is 2. The van der Waals surface area contributed by atoms with Crippen LogP contribution in [0.4, 0.5) is 5.69 Å². The van der Waals surface area contributed by atoms with Crippen LogP contribution < -0.4 is 9.62 Å². The predicted octanol–water partition coefficient (Wildman–Crippen LogP) is 5.40. The minimum atomic E-state index is -4.12. The zero-order valence-electron chi connectivity index (χ0n) is 23.1. The summed E-state index contributed by atoms with van der Waals surface area (Å²) in [6.45, 7) is 9.19. The van der Waals surface area contributed by atoms with E-state index in [1.807, 2.05) is 33.8 Å². The second-order valence-electron chi connectivity index (χ2n) is 9.62. The molecule has 3 rings (SSSR count). The molecule has 1 N–H and O–H groups in total. The van der Waals surface area contributed by atoms with Crippen LogP contribution in [0.3, 0.4) is 0 Å². The number of sulfonamides is 1. The van der Waals surface area contributed by atoms with Crippen molar-refractivity contribution in [1.82, 2.24) is 10.2 Å². The number of nitrogens with one attached hydrogen (secondary N) is 1. The van der Waals surface area contributed by atoms with Gasteiger partial charge >= 0.3 is 0 Å². The molecule has 208 valence electrons. The summed E-state index contributed by atoms with van der Waals surface area (Å²) < 4.78 is 29.1. The van der Waals surface area contributed by atoms with E-state index >= 15 is 0 Å². The first-order valence-electron chi connectivity index (χ1n) is 12.9. The summed E-state index contributed by atoms with van der Waals surface area (Å²) in [6, 6.07) is 18.1. The van der Waals surface area contributed by atoms with Crippen molar-refractivity contribution in [2.75, 3.05) is 17.4 Å². The molecule has 0 spiro atoms. The summed E-state index contributed by atoms with van der Waals surface area (Å²) in [5.41, 5.74) is 3.62. The van der Waals surface area contributed by atoms with E-state index in [0.29, 0.717) is 22.8 Å². The molecule has 3 aromatic rings. The molecule has 0 heterocycles. The van der Waals surface area contributed by atoms with Gasteiger partial charge in [-0.05, 0) is 75.1 Å². The number of carbonyl (C=O) groups is 2. The fraction of sp³-hybridized carbons (Fsp3) is 0.333. The van der Waals surface area contributed by atoms with Crippen molar-refractivity contribution in [2.45, 2.75) is 58.5 Å². The summed E-state index contributed by atoms with van der Waals surface area (Å²) in [4.78, 5) is 28.4. The average molecular weight is 570 g/mol. The molecule has 9 heteroatoms. The maximum Gasteiger partial charge on any atom is 0.264 e. The minimum Gasteiger partial charge on any atom is -0.354 e. The summed E-state index contributed by atoms with van der Waals surface area (Å²) in [5.74, 6) is -0.845. The van der Waals surface area contributed by atoms with Crippen LogP contribution in [-0.4, -0.2) is 44.3 Å². The third kappa shape index (κ3) is 7.19. The molecule has 3 aromatic carbocycles. The summed E-state index contributed by atoms with van der Waals surface area (Å²) in [6.07, 6.45) is 0.742. The highest BCUT2D eigenvalue weighted by molar-refractivity contribution is 7.92. The van der Waals surface area contributed by atoms with Crippen molar-refractivity contribution in [2.24, 2.45) is 0 Å². The Hall–Kier alpha value is -3.36. The van der Waals surface area contributed by atoms with Gasteiger partial charge in [-0.15, -0.1) is 0 Å². The third-order valence-electron chi connectivity index (χ3n) is 6.75. The molecule has 0 saturated carbocycles. The second-order valence-corrected chi connectivity index (χ2v) is 11.9. The van der Waals surface area contributed by atoms with Crippen LogP contribution in [0.1, 0.15) is 42.5 Å². The predicted molar refractivity (Wildman–Crippen MR) is 156 cm³/mol. The van der Waals surface area contributed by atoms with Crippen LogP contribution in [-0.2, 0) is 26.2 Å². The van der Waals surface area contributed by atoms with Crippen molar-refractivity contribution < 1.29 is 18.0 Å². The van der Waals surface area contributed by atoms with Gasteiger partial charge in [-0.1, -0.05) is 66.6 Å². The highest BCUT2D eigenvalue weighted by Gasteiger charge is 2.33. The van der Waals surface area contributed by atoms with Crippen molar-refractivity contribution in [3.05, 3.63) is 94.0 Å². The van der Waals surface area contributed by atoms with Crippen molar-refractivity contribution >= 4 is 39.1 Å². The van der Waals surface area contributed by atoms with Gasteiger partial charge in [0.1, 0.15) is 12.6 Å². The van der Waals surface area contributed by atoms with Gasteiger partial charge in [0.2, 0.25) is 11.8 Å². The molecular formula is C30H36ClN3O4S. The number of hydrogen-bond acceptors (Lipinski definition) is 4. The number of benzene rings is 3. The van der Waals surface area contributed by atoms with E-state index in [4.69, 9.17) is 11.6 Å². The Bertz CT molecular complexity index is 1420. The van der Waals surface area contributed by atoms with E-state index in [2.05, 4.69) is 5.32 Å². The van der Waals surface area contributed by atoms with Crippen molar-refractivity contribution in [3.63, 3.8) is 0 Å². The van der Waals surface area contributed by atoms with Gasteiger partial charge in [0.15, 0.2) is 0 Å². The van der Waals surface area contributed by atoms with Crippen molar-refractivity contribution in [3.8, 4) is 0 Å². The summed E-state index contributed by atoms with van der Waals surface area (Å²) in [7, 11) is -4.12. The van der Waals surface area contributed by atoms with Crippen LogP contribution in [0, 0.1) is 20.8 Å². The van der Waals surface area contributed by atoms with Crippen LogP contribution >= 0.6 is 11.6 Å². The standard InChI is InChI=1S/C30H36ClN3O4S/c1-6-18-32-30(36)24(5)33(19-25-11-7-8-12-27(25)31)29(35)20-34(28-13-9-10-22(3)23(28)4)39(37,38)26-16-14-21(2)15-17-26/h7-17,24H,6,18-20H2,1-5H3,(H,32,36)/t24-/m0/s1. The zero-order valence-corrected chi connectivity index (χ0v) is 24.6. The molecule has 39 heavy (non-hydrogen) atoms. The monoisotopic (exact) mass is 569 g/mol. The van der Waals surface area contributed by atoms with Crippen molar-refractivity contribution in [1.29, 1.82) is 0 Å². The molecule has 0 aliphatic carbocycles. The van der Waals surface area contributed by atoms with E-state index < -0.39 is 28.5 Å². The Balaban J connectivity index is 2.07. The molecule has 0 aromatic heterocycles. The number of halogens is 1. The topological polar surface area (TPSA) is 86.8 Å². The fourth-order valence-corrected chi connectivity index (χ4v) is 5.81. The Morgan fingerprint density at radius 2 is 1.62 bits per heavy atom. The molecule has 7 nitrogen and oxygen atoms in total. The summed E-state index contributed by atoms with van der Waals surface area (Å²) >= 11 is 6.40. The molecule has 1 atom stereocenters. The molecule has 0 fully saturated rings. The Morgan fingerprint density at radius 1 is 0.949 bits per heavy atom. The SMILES string of the molecule is CCCNC(=O)[C@H](C)N(Cc1ccccc1Cl)C(=O)CN(c1cccc(C)c1C)S(=O)(=O)c1ccc(C)cc1. The third-order valence-corrected chi connectivity index (χ3v) is 8.89. The Morgan fingerprint density at radius 3 is 2.26 bits per heavy atom.